The molecule has 7 heteroatoms. The first-order valence-electron chi connectivity index (χ1n) is 9.57. The second kappa shape index (κ2) is 8.31. The van der Waals surface area contributed by atoms with E-state index in [9.17, 15) is 25.2 Å². The monoisotopic (exact) mass is 420 g/mol. The highest BCUT2D eigenvalue weighted by atomic mass is 16.6. The summed E-state index contributed by atoms with van der Waals surface area (Å²) in [5.74, 6) is -0.400. The second-order valence-corrected chi connectivity index (χ2v) is 7.18. The third-order valence-corrected chi connectivity index (χ3v) is 4.96. The molecule has 4 rings (SSSR count). The maximum atomic E-state index is 12.5. The molecule has 0 radical (unpaired) electrons. The van der Waals surface area contributed by atoms with Crippen molar-refractivity contribution in [2.45, 2.75) is 18.6 Å². The molecule has 2 atom stereocenters. The van der Waals surface area contributed by atoms with Crippen LogP contribution < -0.4 is 4.74 Å². The van der Waals surface area contributed by atoms with Crippen molar-refractivity contribution in [3.63, 3.8) is 0 Å². The molecule has 0 aromatic heterocycles. The van der Waals surface area contributed by atoms with E-state index in [1.54, 1.807) is 30.3 Å². The molecule has 4 N–H and O–H groups in total. The molecule has 158 valence electrons. The molecule has 0 amide bonds. The molecule has 0 saturated heterocycles. The van der Waals surface area contributed by atoms with Crippen molar-refractivity contribution >= 4 is 12.0 Å². The van der Waals surface area contributed by atoms with E-state index in [1.165, 1.54) is 42.5 Å². The van der Waals surface area contributed by atoms with E-state index in [1.807, 2.05) is 0 Å². The summed E-state index contributed by atoms with van der Waals surface area (Å²) in [6.45, 7) is 0. The van der Waals surface area contributed by atoms with Crippen molar-refractivity contribution in [2.24, 2.45) is 0 Å². The first-order chi connectivity index (χ1) is 14.9. The van der Waals surface area contributed by atoms with Gasteiger partial charge in [0.1, 0.15) is 34.9 Å². The van der Waals surface area contributed by atoms with Gasteiger partial charge in [-0.1, -0.05) is 24.3 Å². The van der Waals surface area contributed by atoms with Gasteiger partial charge in [0.25, 0.3) is 0 Å². The van der Waals surface area contributed by atoms with Crippen molar-refractivity contribution in [1.82, 2.24) is 0 Å². The Morgan fingerprint density at radius 1 is 0.903 bits per heavy atom. The van der Waals surface area contributed by atoms with Gasteiger partial charge in [0, 0.05) is 30.2 Å². The van der Waals surface area contributed by atoms with Gasteiger partial charge in [-0.2, -0.15) is 0 Å². The van der Waals surface area contributed by atoms with Crippen molar-refractivity contribution in [2.75, 3.05) is 0 Å². The maximum Gasteiger partial charge on any atom is 0.331 e. The van der Waals surface area contributed by atoms with E-state index in [0.29, 0.717) is 22.4 Å². The number of carbonyl (C=O) groups excluding carboxylic acids is 1. The number of rotatable bonds is 4. The molecule has 7 nitrogen and oxygen atoms in total. The lowest BCUT2D eigenvalue weighted by atomic mass is 9.93. The smallest absolute Gasteiger partial charge is 0.331 e. The van der Waals surface area contributed by atoms with Crippen molar-refractivity contribution < 1.29 is 34.7 Å². The van der Waals surface area contributed by atoms with Gasteiger partial charge in [0.2, 0.25) is 0 Å². The number of esters is 1. The van der Waals surface area contributed by atoms with Crippen LogP contribution in [-0.4, -0.2) is 32.5 Å². The minimum Gasteiger partial charge on any atom is -0.508 e. The molecular weight excluding hydrogens is 400 g/mol. The number of carbonyl (C=O) groups is 1. The summed E-state index contributed by atoms with van der Waals surface area (Å²) in [5.41, 5.74) is 1.79. The molecule has 0 fully saturated rings. The lowest BCUT2D eigenvalue weighted by Crippen LogP contribution is -2.34. The highest BCUT2D eigenvalue weighted by Gasteiger charge is 2.35. The van der Waals surface area contributed by atoms with Crippen molar-refractivity contribution in [1.29, 1.82) is 0 Å². The second-order valence-electron chi connectivity index (χ2n) is 7.18. The normalized spacial score (nSPS) is 17.7. The Labute approximate surface area is 178 Å². The zero-order valence-corrected chi connectivity index (χ0v) is 16.3. The summed E-state index contributed by atoms with van der Waals surface area (Å²) >= 11 is 0. The van der Waals surface area contributed by atoms with Crippen molar-refractivity contribution in [3.8, 4) is 28.7 Å². The third kappa shape index (κ3) is 4.56. The largest absolute Gasteiger partial charge is 0.508 e. The van der Waals surface area contributed by atoms with Crippen LogP contribution in [0.4, 0.5) is 0 Å². The van der Waals surface area contributed by atoms with Crippen LogP contribution >= 0.6 is 0 Å². The molecule has 1 aliphatic rings. The van der Waals surface area contributed by atoms with Gasteiger partial charge < -0.3 is 29.9 Å². The molecular formula is C24H20O7. The average Bonchev–Trinajstić information content (AvgIpc) is 2.74. The SMILES string of the molecule is O=C(C=Cc1ccc(O)cc1)OC1Cc2c(O)cc(O)cc2OC1c1ccc(O)cc1. The van der Waals surface area contributed by atoms with E-state index in [4.69, 9.17) is 9.47 Å². The minimum absolute atomic E-state index is 0.0839. The molecule has 3 aromatic rings. The van der Waals surface area contributed by atoms with Gasteiger partial charge in [-0.05, 0) is 41.5 Å². The zero-order chi connectivity index (χ0) is 22.0. The summed E-state index contributed by atoms with van der Waals surface area (Å²) in [6, 6.07) is 15.2. The molecule has 0 saturated carbocycles. The van der Waals surface area contributed by atoms with Gasteiger partial charge in [-0.15, -0.1) is 0 Å². The number of fused-ring (bicyclic) bond motifs is 1. The highest BCUT2D eigenvalue weighted by molar-refractivity contribution is 5.87. The van der Waals surface area contributed by atoms with Crippen LogP contribution in [-0.2, 0) is 16.0 Å². The molecule has 3 aromatic carbocycles. The van der Waals surface area contributed by atoms with Crippen LogP contribution in [0.1, 0.15) is 22.8 Å². The molecule has 2 unspecified atom stereocenters. The summed E-state index contributed by atoms with van der Waals surface area (Å²) in [6.07, 6.45) is 1.53. The Hall–Kier alpha value is -4.13. The summed E-state index contributed by atoms with van der Waals surface area (Å²) in [4.78, 5) is 12.5. The van der Waals surface area contributed by atoms with Gasteiger partial charge in [0.05, 0.1) is 0 Å². The fraction of sp³-hybridized carbons (Fsp3) is 0.125. The standard InChI is InChI=1S/C24H20O7/c25-16-6-1-14(2-7-16)3-10-23(29)30-22-13-19-20(28)11-18(27)12-21(19)31-24(22)15-4-8-17(26)9-5-15/h1-12,22,24-28H,13H2. The number of benzene rings is 3. The van der Waals surface area contributed by atoms with Crippen LogP contribution in [0.15, 0.2) is 66.7 Å². The van der Waals surface area contributed by atoms with Gasteiger partial charge in [-0.3, -0.25) is 0 Å². The minimum atomic E-state index is -0.760. The highest BCUT2D eigenvalue weighted by Crippen LogP contribution is 2.43. The zero-order valence-electron chi connectivity index (χ0n) is 16.3. The summed E-state index contributed by atoms with van der Waals surface area (Å²) in [7, 11) is 0. The average molecular weight is 420 g/mol. The molecule has 0 aliphatic carbocycles. The number of hydrogen-bond acceptors (Lipinski definition) is 7. The van der Waals surface area contributed by atoms with Crippen LogP contribution in [0, 0.1) is 0 Å². The van der Waals surface area contributed by atoms with Crippen LogP contribution in [0.5, 0.6) is 28.7 Å². The van der Waals surface area contributed by atoms with Crippen LogP contribution in [0.25, 0.3) is 6.08 Å². The molecule has 0 bridgehead atoms. The third-order valence-electron chi connectivity index (χ3n) is 4.96. The Kier molecular flexibility index (Phi) is 5.41. The first-order valence-corrected chi connectivity index (χ1v) is 9.57. The molecule has 1 aliphatic heterocycles. The van der Waals surface area contributed by atoms with E-state index in [2.05, 4.69) is 0 Å². The summed E-state index contributed by atoms with van der Waals surface area (Å²) < 4.78 is 11.6. The number of ether oxygens (including phenoxy) is 2. The predicted molar refractivity (Wildman–Crippen MR) is 112 cm³/mol. The van der Waals surface area contributed by atoms with E-state index in [0.717, 1.165) is 0 Å². The number of aromatic hydroxyl groups is 4. The number of phenolic OH excluding ortho intramolecular Hbond substituents is 4. The van der Waals surface area contributed by atoms with E-state index in [-0.39, 0.29) is 29.4 Å². The Morgan fingerprint density at radius 2 is 1.55 bits per heavy atom. The van der Waals surface area contributed by atoms with Crippen LogP contribution in [0.2, 0.25) is 0 Å². The van der Waals surface area contributed by atoms with Crippen LogP contribution in [0.3, 0.4) is 0 Å². The van der Waals surface area contributed by atoms with E-state index < -0.39 is 18.2 Å². The van der Waals surface area contributed by atoms with Crippen molar-refractivity contribution in [3.05, 3.63) is 83.4 Å². The lowest BCUT2D eigenvalue weighted by Gasteiger charge is -2.33. The number of phenols is 4. The van der Waals surface area contributed by atoms with Gasteiger partial charge in [0.15, 0.2) is 6.10 Å². The Morgan fingerprint density at radius 3 is 2.23 bits per heavy atom. The fourth-order valence-corrected chi connectivity index (χ4v) is 3.44. The molecule has 1 heterocycles. The lowest BCUT2D eigenvalue weighted by molar-refractivity contribution is -0.149. The Bertz CT molecular complexity index is 1120. The first kappa shape index (κ1) is 20.2. The summed E-state index contributed by atoms with van der Waals surface area (Å²) in [5, 5.41) is 38.9. The number of hydrogen-bond donors (Lipinski definition) is 4. The van der Waals surface area contributed by atoms with Gasteiger partial charge in [-0.25, -0.2) is 4.79 Å². The quantitative estimate of drug-likeness (QED) is 0.375. The topological polar surface area (TPSA) is 116 Å². The van der Waals surface area contributed by atoms with Gasteiger partial charge >= 0.3 is 5.97 Å². The predicted octanol–water partition coefficient (Wildman–Crippen LogP) is 3.81. The molecule has 0 spiro atoms. The Balaban J connectivity index is 1.59. The fourth-order valence-electron chi connectivity index (χ4n) is 3.44. The molecule has 31 heavy (non-hydrogen) atoms. The van der Waals surface area contributed by atoms with E-state index >= 15 is 0 Å². The maximum absolute atomic E-state index is 12.5.